The summed E-state index contributed by atoms with van der Waals surface area (Å²) in [5, 5.41) is 0. The molecule has 64 valence electrons. The number of hydrogen-bond donors (Lipinski definition) is 0. The van der Waals surface area contributed by atoms with E-state index < -0.39 is 8.32 Å². The lowest BCUT2D eigenvalue weighted by atomic mass is 9.98. The summed E-state index contributed by atoms with van der Waals surface area (Å²) in [6.45, 7) is 6.78. The van der Waals surface area contributed by atoms with E-state index in [-0.39, 0.29) is 0 Å². The molecule has 0 amide bonds. The van der Waals surface area contributed by atoms with Crippen LogP contribution in [0.2, 0.25) is 19.6 Å². The number of hydrogen-bond acceptors (Lipinski definition) is 1. The van der Waals surface area contributed by atoms with E-state index in [0.29, 0.717) is 0 Å². The maximum absolute atomic E-state index is 5.93. The van der Waals surface area contributed by atoms with Crippen molar-refractivity contribution in [1.29, 1.82) is 0 Å². The highest BCUT2D eigenvalue weighted by Gasteiger charge is 2.32. The van der Waals surface area contributed by atoms with E-state index in [2.05, 4.69) is 19.6 Å². The molecule has 0 N–H and O–H groups in total. The van der Waals surface area contributed by atoms with Gasteiger partial charge >= 0.3 is 0 Å². The van der Waals surface area contributed by atoms with Crippen molar-refractivity contribution >= 4 is 8.32 Å². The highest BCUT2D eigenvalue weighted by molar-refractivity contribution is 6.69. The third kappa shape index (κ3) is 3.82. The minimum atomic E-state index is -1.28. The molecule has 1 rings (SSSR count). The Kier molecular flexibility index (Phi) is 3.02. The molecule has 0 bridgehead atoms. The molecule has 0 aliphatic heterocycles. The van der Waals surface area contributed by atoms with Gasteiger partial charge in [-0.1, -0.05) is 0 Å². The Bertz CT molecular complexity index is 111. The Morgan fingerprint density at radius 3 is 2.00 bits per heavy atom. The Morgan fingerprint density at radius 1 is 1.00 bits per heavy atom. The van der Waals surface area contributed by atoms with Crippen LogP contribution in [0.25, 0.3) is 0 Å². The van der Waals surface area contributed by atoms with Crippen molar-refractivity contribution in [3.8, 4) is 0 Å². The highest BCUT2D eigenvalue weighted by Crippen LogP contribution is 2.29. The molecule has 1 fully saturated rings. The van der Waals surface area contributed by atoms with E-state index in [1.165, 1.54) is 38.2 Å². The lowest BCUT2D eigenvalue weighted by Crippen LogP contribution is -2.28. The predicted octanol–water partition coefficient (Wildman–Crippen LogP) is 3.33. The minimum absolute atomic E-state index is 1.23. The van der Waals surface area contributed by atoms with Gasteiger partial charge in [-0.05, 0) is 38.9 Å². The van der Waals surface area contributed by atoms with Gasteiger partial charge in [-0.25, -0.2) is 4.43 Å². The predicted molar refractivity (Wildman–Crippen MR) is 50.8 cm³/mol. The van der Waals surface area contributed by atoms with Crippen LogP contribution < -0.4 is 0 Å². The zero-order valence-electron chi connectivity index (χ0n) is 7.94. The maximum atomic E-state index is 5.93. The van der Waals surface area contributed by atoms with E-state index >= 15 is 0 Å². The minimum Gasteiger partial charge on any atom is -0.245 e. The van der Waals surface area contributed by atoms with Crippen LogP contribution in [0.3, 0.4) is 0 Å². The zero-order valence-corrected chi connectivity index (χ0v) is 8.94. The first-order valence-electron chi connectivity index (χ1n) is 4.62. The average molecular weight is 171 g/mol. The summed E-state index contributed by atoms with van der Waals surface area (Å²) in [5.41, 5.74) is 0. The van der Waals surface area contributed by atoms with Crippen molar-refractivity contribution in [2.75, 3.05) is 0 Å². The molecule has 0 aromatic rings. The maximum Gasteiger partial charge on any atom is 0.253 e. The molecule has 11 heavy (non-hydrogen) atoms. The smallest absolute Gasteiger partial charge is 0.245 e. The fourth-order valence-corrected chi connectivity index (χ4v) is 2.55. The van der Waals surface area contributed by atoms with Gasteiger partial charge in [-0.3, -0.25) is 0 Å². The molecular weight excluding hydrogens is 152 g/mol. The van der Waals surface area contributed by atoms with E-state index in [9.17, 15) is 0 Å². The largest absolute Gasteiger partial charge is 0.253 e. The van der Waals surface area contributed by atoms with Crippen LogP contribution in [-0.2, 0) is 4.43 Å². The Hall–Kier alpha value is 0.0469. The molecule has 2 heteroatoms. The third-order valence-corrected chi connectivity index (χ3v) is 2.76. The van der Waals surface area contributed by atoms with Crippen molar-refractivity contribution in [1.82, 2.24) is 0 Å². The summed E-state index contributed by atoms with van der Waals surface area (Å²) >= 11 is 0. The fourth-order valence-electron chi connectivity index (χ4n) is 1.48. The molecule has 1 aliphatic carbocycles. The first-order valence-corrected chi connectivity index (χ1v) is 8.02. The molecule has 0 atom stereocenters. The number of rotatable bonds is 2. The van der Waals surface area contributed by atoms with Gasteiger partial charge in [0, 0.05) is 0 Å². The van der Waals surface area contributed by atoms with Gasteiger partial charge in [0.15, 0.2) is 0 Å². The van der Waals surface area contributed by atoms with Crippen molar-refractivity contribution in [3.63, 3.8) is 0 Å². The molecule has 0 aromatic carbocycles. The quantitative estimate of drug-likeness (QED) is 0.457. The van der Waals surface area contributed by atoms with E-state index in [0.717, 1.165) is 0 Å². The lowest BCUT2D eigenvalue weighted by molar-refractivity contribution is 0.254. The van der Waals surface area contributed by atoms with Crippen LogP contribution in [-0.4, -0.2) is 8.32 Å². The molecule has 0 heterocycles. The molecule has 0 aromatic heterocycles. The monoisotopic (exact) mass is 171 g/mol. The fraction of sp³-hybridized carbons (Fsp3) is 0.889. The van der Waals surface area contributed by atoms with Crippen molar-refractivity contribution in [2.45, 2.75) is 51.7 Å². The second-order valence-corrected chi connectivity index (χ2v) is 8.74. The Labute approximate surface area is 71.3 Å². The van der Waals surface area contributed by atoms with E-state index in [1.54, 1.807) is 0 Å². The summed E-state index contributed by atoms with van der Waals surface area (Å²) in [4.78, 5) is 0. The van der Waals surface area contributed by atoms with Crippen LogP contribution in [0.4, 0.5) is 0 Å². The summed E-state index contributed by atoms with van der Waals surface area (Å²) in [6, 6.07) is 0. The molecular formula is C9H19OSi+. The molecule has 0 saturated heterocycles. The average Bonchev–Trinajstić information content (AvgIpc) is 1.85. The zero-order chi connectivity index (χ0) is 8.32. The van der Waals surface area contributed by atoms with Crippen LogP contribution in [0, 0.1) is 6.10 Å². The Balaban J connectivity index is 2.24. The summed E-state index contributed by atoms with van der Waals surface area (Å²) in [7, 11) is -1.28. The molecule has 0 spiro atoms. The summed E-state index contributed by atoms with van der Waals surface area (Å²) in [5.74, 6) is 0. The van der Waals surface area contributed by atoms with Crippen LogP contribution >= 0.6 is 0 Å². The van der Waals surface area contributed by atoms with Gasteiger partial charge in [0.05, 0.1) is 0 Å². The normalized spacial score (nSPS) is 20.5. The van der Waals surface area contributed by atoms with Crippen LogP contribution in [0.1, 0.15) is 32.1 Å². The van der Waals surface area contributed by atoms with E-state index in [4.69, 9.17) is 4.43 Å². The Morgan fingerprint density at radius 2 is 1.55 bits per heavy atom. The van der Waals surface area contributed by atoms with Gasteiger partial charge < -0.3 is 0 Å². The van der Waals surface area contributed by atoms with Crippen LogP contribution in [0.5, 0.6) is 0 Å². The van der Waals surface area contributed by atoms with Gasteiger partial charge in [0.25, 0.3) is 8.32 Å². The molecule has 0 unspecified atom stereocenters. The lowest BCUT2D eigenvalue weighted by Gasteiger charge is -2.17. The molecule has 1 aliphatic rings. The van der Waals surface area contributed by atoms with Crippen molar-refractivity contribution in [2.24, 2.45) is 0 Å². The topological polar surface area (TPSA) is 9.23 Å². The first kappa shape index (κ1) is 9.14. The van der Waals surface area contributed by atoms with Gasteiger partial charge in [-0.2, -0.15) is 0 Å². The molecule has 1 nitrogen and oxygen atoms in total. The highest BCUT2D eigenvalue weighted by atomic mass is 28.4. The SMILES string of the molecule is C[Si](C)(C)O[C+]1CCCCC1. The van der Waals surface area contributed by atoms with Gasteiger partial charge in [0.1, 0.15) is 12.8 Å². The standard InChI is InChI=1S/C9H19OSi/c1-11(2,3)10-9-7-5-4-6-8-9/h4-8H2,1-3H3/q+1. The molecule has 0 radical (unpaired) electrons. The second-order valence-electron chi connectivity index (χ2n) is 4.31. The third-order valence-electron chi connectivity index (χ3n) is 1.86. The van der Waals surface area contributed by atoms with Gasteiger partial charge in [-0.15, -0.1) is 0 Å². The summed E-state index contributed by atoms with van der Waals surface area (Å²) < 4.78 is 5.93. The van der Waals surface area contributed by atoms with Crippen LogP contribution in [0.15, 0.2) is 0 Å². The van der Waals surface area contributed by atoms with Gasteiger partial charge in [0.2, 0.25) is 6.10 Å². The van der Waals surface area contributed by atoms with E-state index in [1.807, 2.05) is 0 Å². The summed E-state index contributed by atoms with van der Waals surface area (Å²) in [6.07, 6.45) is 7.93. The second kappa shape index (κ2) is 3.63. The molecule has 1 saturated carbocycles. The van der Waals surface area contributed by atoms with Crippen molar-refractivity contribution in [3.05, 3.63) is 6.10 Å². The first-order chi connectivity index (χ1) is 5.08. The van der Waals surface area contributed by atoms with Crippen molar-refractivity contribution < 1.29 is 4.43 Å².